The lowest BCUT2D eigenvalue weighted by atomic mass is 10.0. The van der Waals surface area contributed by atoms with Crippen molar-refractivity contribution < 1.29 is 0 Å². The highest BCUT2D eigenvalue weighted by Gasteiger charge is 2.08. The molecule has 0 aliphatic heterocycles. The van der Waals surface area contributed by atoms with E-state index >= 15 is 0 Å². The summed E-state index contributed by atoms with van der Waals surface area (Å²) < 4.78 is 2.05. The fraction of sp³-hybridized carbons (Fsp3) is 0.500. The van der Waals surface area contributed by atoms with Crippen LogP contribution in [0.1, 0.15) is 37.8 Å². The molecule has 1 aromatic rings. The Bertz CT molecular complexity index is 302. The standard InChI is InChI=1S/C10H14N2/c1-4-12-6-9(5-11)10(7-12)8(2)3/h6-8H,4H2,1-3H3. The van der Waals surface area contributed by atoms with Crippen molar-refractivity contribution >= 4 is 0 Å². The van der Waals surface area contributed by atoms with Gasteiger partial charge in [-0.25, -0.2) is 0 Å². The van der Waals surface area contributed by atoms with E-state index in [1.807, 2.05) is 10.8 Å². The lowest BCUT2D eigenvalue weighted by molar-refractivity contribution is 0.758. The van der Waals surface area contributed by atoms with E-state index < -0.39 is 0 Å². The predicted octanol–water partition coefficient (Wildman–Crippen LogP) is 2.50. The molecule has 0 saturated carbocycles. The average Bonchev–Trinajstić information content (AvgIpc) is 2.47. The first-order chi connectivity index (χ1) is 5.69. The molecule has 0 radical (unpaired) electrons. The van der Waals surface area contributed by atoms with Gasteiger partial charge in [0.2, 0.25) is 0 Å². The Kier molecular flexibility index (Phi) is 2.54. The van der Waals surface area contributed by atoms with Crippen LogP contribution in [0.2, 0.25) is 0 Å². The van der Waals surface area contributed by atoms with Crippen LogP contribution in [0.15, 0.2) is 12.4 Å². The molecular formula is C10H14N2. The van der Waals surface area contributed by atoms with Gasteiger partial charge in [-0.2, -0.15) is 5.26 Å². The van der Waals surface area contributed by atoms with E-state index in [4.69, 9.17) is 5.26 Å². The van der Waals surface area contributed by atoms with E-state index in [0.717, 1.165) is 17.7 Å². The van der Waals surface area contributed by atoms with Gasteiger partial charge in [-0.1, -0.05) is 13.8 Å². The Hall–Kier alpha value is -1.23. The maximum atomic E-state index is 8.81. The highest BCUT2D eigenvalue weighted by molar-refractivity contribution is 5.37. The molecule has 0 atom stereocenters. The third-order valence-corrected chi connectivity index (χ3v) is 2.02. The molecule has 0 aromatic carbocycles. The fourth-order valence-electron chi connectivity index (χ4n) is 1.26. The molecule has 0 aliphatic carbocycles. The number of nitriles is 1. The van der Waals surface area contributed by atoms with Gasteiger partial charge < -0.3 is 4.57 Å². The average molecular weight is 162 g/mol. The third-order valence-electron chi connectivity index (χ3n) is 2.02. The monoisotopic (exact) mass is 162 g/mol. The molecule has 0 amide bonds. The minimum Gasteiger partial charge on any atom is -0.353 e. The summed E-state index contributed by atoms with van der Waals surface area (Å²) >= 11 is 0. The minimum absolute atomic E-state index is 0.437. The maximum absolute atomic E-state index is 8.81. The maximum Gasteiger partial charge on any atom is 0.101 e. The first-order valence-electron chi connectivity index (χ1n) is 4.28. The molecule has 0 unspecified atom stereocenters. The summed E-state index contributed by atoms with van der Waals surface area (Å²) in [6.45, 7) is 7.22. The fourth-order valence-corrected chi connectivity index (χ4v) is 1.26. The van der Waals surface area contributed by atoms with Crippen LogP contribution in [0, 0.1) is 11.3 Å². The van der Waals surface area contributed by atoms with Crippen molar-refractivity contribution in [3.8, 4) is 6.07 Å². The molecule has 0 fully saturated rings. The molecule has 2 nitrogen and oxygen atoms in total. The summed E-state index contributed by atoms with van der Waals surface area (Å²) in [6.07, 6.45) is 3.97. The Morgan fingerprint density at radius 2 is 2.17 bits per heavy atom. The second-order valence-corrected chi connectivity index (χ2v) is 3.22. The molecule has 0 bridgehead atoms. The van der Waals surface area contributed by atoms with Crippen molar-refractivity contribution in [1.29, 1.82) is 5.26 Å². The number of hydrogen-bond acceptors (Lipinski definition) is 1. The molecule has 0 aliphatic rings. The number of hydrogen-bond donors (Lipinski definition) is 0. The molecule has 1 rings (SSSR count). The second kappa shape index (κ2) is 3.44. The van der Waals surface area contributed by atoms with Crippen LogP contribution in [-0.2, 0) is 6.54 Å². The van der Waals surface area contributed by atoms with Crippen LogP contribution >= 0.6 is 0 Å². The van der Waals surface area contributed by atoms with Gasteiger partial charge in [0, 0.05) is 18.9 Å². The number of aryl methyl sites for hydroxylation is 1. The number of aromatic nitrogens is 1. The smallest absolute Gasteiger partial charge is 0.101 e. The van der Waals surface area contributed by atoms with Gasteiger partial charge in [-0.3, -0.25) is 0 Å². The first-order valence-corrected chi connectivity index (χ1v) is 4.28. The zero-order chi connectivity index (χ0) is 9.14. The van der Waals surface area contributed by atoms with Gasteiger partial charge in [0.15, 0.2) is 0 Å². The molecular weight excluding hydrogens is 148 g/mol. The third kappa shape index (κ3) is 1.50. The second-order valence-electron chi connectivity index (χ2n) is 3.22. The first kappa shape index (κ1) is 8.86. The Morgan fingerprint density at radius 3 is 2.50 bits per heavy atom. The zero-order valence-corrected chi connectivity index (χ0v) is 7.83. The molecule has 1 aromatic heterocycles. The van der Waals surface area contributed by atoms with Gasteiger partial charge in [-0.05, 0) is 18.4 Å². The summed E-state index contributed by atoms with van der Waals surface area (Å²) in [5.74, 6) is 0.437. The summed E-state index contributed by atoms with van der Waals surface area (Å²) in [6, 6.07) is 2.21. The van der Waals surface area contributed by atoms with Crippen LogP contribution in [0.4, 0.5) is 0 Å². The van der Waals surface area contributed by atoms with Crippen LogP contribution < -0.4 is 0 Å². The SMILES string of the molecule is CCn1cc(C#N)c(C(C)C)c1. The van der Waals surface area contributed by atoms with Gasteiger partial charge >= 0.3 is 0 Å². The summed E-state index contributed by atoms with van der Waals surface area (Å²) in [5, 5.41) is 8.81. The highest BCUT2D eigenvalue weighted by atomic mass is 14.9. The van der Waals surface area contributed by atoms with E-state index in [2.05, 4.69) is 33.0 Å². The Balaban J connectivity index is 3.10. The van der Waals surface area contributed by atoms with Crippen molar-refractivity contribution in [2.24, 2.45) is 0 Å². The number of rotatable bonds is 2. The van der Waals surface area contributed by atoms with Crippen molar-refractivity contribution in [2.75, 3.05) is 0 Å². The van der Waals surface area contributed by atoms with E-state index in [-0.39, 0.29) is 0 Å². The van der Waals surface area contributed by atoms with Crippen LogP contribution in [0.3, 0.4) is 0 Å². The minimum atomic E-state index is 0.437. The molecule has 0 N–H and O–H groups in total. The van der Waals surface area contributed by atoms with Gasteiger partial charge in [0.1, 0.15) is 6.07 Å². The predicted molar refractivity (Wildman–Crippen MR) is 48.9 cm³/mol. The van der Waals surface area contributed by atoms with E-state index in [0.29, 0.717) is 5.92 Å². The largest absolute Gasteiger partial charge is 0.353 e. The summed E-state index contributed by atoms with van der Waals surface area (Å²) in [7, 11) is 0. The molecule has 0 saturated heterocycles. The van der Waals surface area contributed by atoms with E-state index in [9.17, 15) is 0 Å². The highest BCUT2D eigenvalue weighted by Crippen LogP contribution is 2.19. The van der Waals surface area contributed by atoms with Gasteiger partial charge in [0.05, 0.1) is 5.56 Å². The Labute approximate surface area is 73.4 Å². The zero-order valence-electron chi connectivity index (χ0n) is 7.83. The van der Waals surface area contributed by atoms with E-state index in [1.54, 1.807) is 0 Å². The lowest BCUT2D eigenvalue weighted by Crippen LogP contribution is -1.88. The van der Waals surface area contributed by atoms with E-state index in [1.165, 1.54) is 0 Å². The summed E-state index contributed by atoms with van der Waals surface area (Å²) in [5.41, 5.74) is 1.96. The number of nitrogens with zero attached hydrogens (tertiary/aromatic N) is 2. The van der Waals surface area contributed by atoms with Gasteiger partial charge in [0.25, 0.3) is 0 Å². The topological polar surface area (TPSA) is 28.7 Å². The van der Waals surface area contributed by atoms with Crippen LogP contribution in [-0.4, -0.2) is 4.57 Å². The van der Waals surface area contributed by atoms with Crippen molar-refractivity contribution in [1.82, 2.24) is 4.57 Å². The van der Waals surface area contributed by atoms with Crippen molar-refractivity contribution in [3.05, 3.63) is 23.5 Å². The lowest BCUT2D eigenvalue weighted by Gasteiger charge is -2.00. The quantitative estimate of drug-likeness (QED) is 0.656. The van der Waals surface area contributed by atoms with Crippen molar-refractivity contribution in [3.63, 3.8) is 0 Å². The molecule has 12 heavy (non-hydrogen) atoms. The molecule has 64 valence electrons. The molecule has 2 heteroatoms. The van der Waals surface area contributed by atoms with Crippen LogP contribution in [0.25, 0.3) is 0 Å². The normalized spacial score (nSPS) is 10.2. The summed E-state index contributed by atoms with van der Waals surface area (Å²) in [4.78, 5) is 0. The van der Waals surface area contributed by atoms with Crippen molar-refractivity contribution in [2.45, 2.75) is 33.2 Å². The van der Waals surface area contributed by atoms with Gasteiger partial charge in [-0.15, -0.1) is 0 Å². The Morgan fingerprint density at radius 1 is 1.50 bits per heavy atom. The van der Waals surface area contributed by atoms with Crippen LogP contribution in [0.5, 0.6) is 0 Å². The molecule has 1 heterocycles. The molecule has 0 spiro atoms.